The molecule has 2 fully saturated rings. The van der Waals surface area contributed by atoms with Crippen LogP contribution in [0.15, 0.2) is 0 Å². The van der Waals surface area contributed by atoms with Crippen molar-refractivity contribution >= 4 is 0 Å². The summed E-state index contributed by atoms with van der Waals surface area (Å²) in [6, 6.07) is 0.681. The van der Waals surface area contributed by atoms with Crippen LogP contribution in [-0.4, -0.2) is 74.9 Å². The molecule has 4 heteroatoms. The predicted octanol–water partition coefficient (Wildman–Crippen LogP) is 0.637. The zero-order chi connectivity index (χ0) is 13.0. The Labute approximate surface area is 112 Å². The number of hydrogen-bond acceptors (Lipinski definition) is 4. The first kappa shape index (κ1) is 14.3. The van der Waals surface area contributed by atoms with Crippen molar-refractivity contribution in [1.82, 2.24) is 15.1 Å². The predicted molar refractivity (Wildman–Crippen MR) is 74.9 cm³/mol. The number of ether oxygens (including phenoxy) is 1. The minimum Gasteiger partial charge on any atom is -0.374 e. The van der Waals surface area contributed by atoms with Gasteiger partial charge >= 0.3 is 0 Å². The van der Waals surface area contributed by atoms with Gasteiger partial charge < -0.3 is 10.1 Å². The Bertz CT molecular complexity index is 247. The van der Waals surface area contributed by atoms with E-state index in [1.54, 1.807) is 0 Å². The second kappa shape index (κ2) is 6.85. The summed E-state index contributed by atoms with van der Waals surface area (Å²) in [6.45, 7) is 12.4. The van der Waals surface area contributed by atoms with E-state index in [0.717, 1.165) is 32.2 Å². The molecule has 0 aliphatic carbocycles. The topological polar surface area (TPSA) is 27.7 Å². The zero-order valence-electron chi connectivity index (χ0n) is 12.2. The Morgan fingerprint density at radius 2 is 2.06 bits per heavy atom. The maximum Gasteiger partial charge on any atom is 0.0829 e. The first-order valence-corrected chi connectivity index (χ1v) is 7.41. The molecule has 106 valence electrons. The van der Waals surface area contributed by atoms with Gasteiger partial charge in [0.25, 0.3) is 0 Å². The summed E-state index contributed by atoms with van der Waals surface area (Å²) in [7, 11) is 2.07. The SMILES string of the molecule is CNC1CCN(CC2CN(CC(C)C)CCO2)C1. The van der Waals surface area contributed by atoms with Crippen molar-refractivity contribution in [2.45, 2.75) is 32.4 Å². The second-order valence-electron chi connectivity index (χ2n) is 6.18. The van der Waals surface area contributed by atoms with Gasteiger partial charge in [0.2, 0.25) is 0 Å². The van der Waals surface area contributed by atoms with Crippen molar-refractivity contribution in [2.24, 2.45) is 5.92 Å². The maximum absolute atomic E-state index is 5.92. The molecule has 0 saturated carbocycles. The molecule has 2 aliphatic rings. The number of nitrogens with one attached hydrogen (secondary N) is 1. The first-order valence-electron chi connectivity index (χ1n) is 7.41. The third kappa shape index (κ3) is 4.19. The highest BCUT2D eigenvalue weighted by molar-refractivity contribution is 4.83. The average molecular weight is 255 g/mol. The van der Waals surface area contributed by atoms with Crippen LogP contribution >= 0.6 is 0 Å². The summed E-state index contributed by atoms with van der Waals surface area (Å²) in [5.74, 6) is 0.754. The van der Waals surface area contributed by atoms with Gasteiger partial charge in [0.15, 0.2) is 0 Å². The number of morpholine rings is 1. The third-order valence-corrected chi connectivity index (χ3v) is 3.99. The van der Waals surface area contributed by atoms with Crippen LogP contribution < -0.4 is 5.32 Å². The lowest BCUT2D eigenvalue weighted by atomic mass is 10.1. The van der Waals surface area contributed by atoms with Gasteiger partial charge in [-0.2, -0.15) is 0 Å². The van der Waals surface area contributed by atoms with Gasteiger partial charge in [-0.05, 0) is 25.9 Å². The fourth-order valence-corrected chi connectivity index (χ4v) is 3.10. The lowest BCUT2D eigenvalue weighted by Gasteiger charge is -2.35. The highest BCUT2D eigenvalue weighted by Gasteiger charge is 2.27. The Morgan fingerprint density at radius 1 is 1.22 bits per heavy atom. The van der Waals surface area contributed by atoms with Crippen LogP contribution in [0.1, 0.15) is 20.3 Å². The van der Waals surface area contributed by atoms with Gasteiger partial charge in [-0.15, -0.1) is 0 Å². The fourth-order valence-electron chi connectivity index (χ4n) is 3.10. The molecule has 2 atom stereocenters. The van der Waals surface area contributed by atoms with Crippen LogP contribution in [0.4, 0.5) is 0 Å². The van der Waals surface area contributed by atoms with Gasteiger partial charge in [0.1, 0.15) is 0 Å². The Balaban J connectivity index is 1.72. The van der Waals surface area contributed by atoms with E-state index in [-0.39, 0.29) is 0 Å². The maximum atomic E-state index is 5.92. The molecule has 0 amide bonds. The van der Waals surface area contributed by atoms with Gasteiger partial charge in [0.05, 0.1) is 12.7 Å². The molecule has 0 spiro atoms. The quantitative estimate of drug-likeness (QED) is 0.780. The molecule has 0 aromatic heterocycles. The summed E-state index contributed by atoms with van der Waals surface area (Å²) >= 11 is 0. The number of hydrogen-bond donors (Lipinski definition) is 1. The molecule has 2 heterocycles. The Hall–Kier alpha value is -0.160. The van der Waals surface area contributed by atoms with Crippen LogP contribution in [0.3, 0.4) is 0 Å². The molecular weight excluding hydrogens is 226 g/mol. The van der Waals surface area contributed by atoms with Crippen molar-refractivity contribution in [1.29, 1.82) is 0 Å². The smallest absolute Gasteiger partial charge is 0.0829 e. The fraction of sp³-hybridized carbons (Fsp3) is 1.00. The van der Waals surface area contributed by atoms with Gasteiger partial charge in [0, 0.05) is 38.8 Å². The minimum atomic E-state index is 0.410. The molecule has 0 radical (unpaired) electrons. The van der Waals surface area contributed by atoms with Crippen molar-refractivity contribution in [3.05, 3.63) is 0 Å². The van der Waals surface area contributed by atoms with E-state index in [4.69, 9.17) is 4.74 Å². The van der Waals surface area contributed by atoms with E-state index in [9.17, 15) is 0 Å². The van der Waals surface area contributed by atoms with Crippen molar-refractivity contribution in [2.75, 3.05) is 52.9 Å². The summed E-state index contributed by atoms with van der Waals surface area (Å²) in [6.07, 6.45) is 1.69. The Morgan fingerprint density at radius 3 is 2.72 bits per heavy atom. The van der Waals surface area contributed by atoms with Crippen LogP contribution in [-0.2, 0) is 4.74 Å². The molecule has 4 nitrogen and oxygen atoms in total. The largest absolute Gasteiger partial charge is 0.374 e. The summed E-state index contributed by atoms with van der Waals surface area (Å²) in [5.41, 5.74) is 0. The van der Waals surface area contributed by atoms with E-state index in [1.807, 2.05) is 0 Å². The van der Waals surface area contributed by atoms with Crippen molar-refractivity contribution in [3.8, 4) is 0 Å². The molecule has 2 unspecified atom stereocenters. The van der Waals surface area contributed by atoms with Crippen LogP contribution in [0.25, 0.3) is 0 Å². The summed E-state index contributed by atoms with van der Waals surface area (Å²) in [4.78, 5) is 5.11. The van der Waals surface area contributed by atoms with Crippen LogP contribution in [0.5, 0.6) is 0 Å². The number of likely N-dealkylation sites (N-methyl/N-ethyl adjacent to an activating group) is 1. The van der Waals surface area contributed by atoms with E-state index in [1.165, 1.54) is 26.1 Å². The number of nitrogens with zero attached hydrogens (tertiary/aromatic N) is 2. The second-order valence-corrected chi connectivity index (χ2v) is 6.18. The number of rotatable bonds is 5. The summed E-state index contributed by atoms with van der Waals surface area (Å²) in [5, 5.41) is 3.37. The Kier molecular flexibility index (Phi) is 5.42. The van der Waals surface area contributed by atoms with Gasteiger partial charge in [-0.3, -0.25) is 9.80 Å². The normalized spacial score (nSPS) is 31.3. The van der Waals surface area contributed by atoms with E-state index in [0.29, 0.717) is 12.1 Å². The molecule has 18 heavy (non-hydrogen) atoms. The van der Waals surface area contributed by atoms with E-state index in [2.05, 4.69) is 36.0 Å². The summed E-state index contributed by atoms with van der Waals surface area (Å²) < 4.78 is 5.92. The van der Waals surface area contributed by atoms with Gasteiger partial charge in [-0.1, -0.05) is 13.8 Å². The molecule has 2 saturated heterocycles. The van der Waals surface area contributed by atoms with Crippen molar-refractivity contribution in [3.63, 3.8) is 0 Å². The molecule has 0 aromatic carbocycles. The van der Waals surface area contributed by atoms with Crippen LogP contribution in [0, 0.1) is 5.92 Å². The van der Waals surface area contributed by atoms with Crippen molar-refractivity contribution < 1.29 is 4.74 Å². The van der Waals surface area contributed by atoms with Gasteiger partial charge in [-0.25, -0.2) is 0 Å². The number of likely N-dealkylation sites (tertiary alicyclic amines) is 1. The highest BCUT2D eigenvalue weighted by Crippen LogP contribution is 2.13. The molecule has 2 aliphatic heterocycles. The van der Waals surface area contributed by atoms with E-state index < -0.39 is 0 Å². The third-order valence-electron chi connectivity index (χ3n) is 3.99. The first-order chi connectivity index (χ1) is 8.67. The van der Waals surface area contributed by atoms with E-state index >= 15 is 0 Å². The monoisotopic (exact) mass is 255 g/mol. The molecular formula is C14H29N3O. The lowest BCUT2D eigenvalue weighted by molar-refractivity contribution is -0.0437. The molecule has 0 bridgehead atoms. The highest BCUT2D eigenvalue weighted by atomic mass is 16.5. The lowest BCUT2D eigenvalue weighted by Crippen LogP contribution is -2.48. The zero-order valence-corrected chi connectivity index (χ0v) is 12.2. The molecule has 0 aromatic rings. The molecule has 1 N–H and O–H groups in total. The average Bonchev–Trinajstić information content (AvgIpc) is 2.76. The standard InChI is InChI=1S/C14H29N3O/c1-12(2)8-17-6-7-18-14(11-17)10-16-5-4-13(9-16)15-3/h12-15H,4-11H2,1-3H3. The minimum absolute atomic E-state index is 0.410. The van der Waals surface area contributed by atoms with Crippen LogP contribution in [0.2, 0.25) is 0 Å². The molecule has 2 rings (SSSR count).